The van der Waals surface area contributed by atoms with Crippen molar-refractivity contribution in [2.24, 2.45) is 5.92 Å². The predicted molar refractivity (Wildman–Crippen MR) is 82.0 cm³/mol. The fourth-order valence-corrected chi connectivity index (χ4v) is 4.74. The molecular formula is C16H25NOS. The Morgan fingerprint density at radius 2 is 1.95 bits per heavy atom. The highest BCUT2D eigenvalue weighted by Gasteiger charge is 2.36. The van der Waals surface area contributed by atoms with Crippen LogP contribution in [0.4, 0.5) is 0 Å². The van der Waals surface area contributed by atoms with Crippen LogP contribution in [0.3, 0.4) is 0 Å². The van der Waals surface area contributed by atoms with Crippen molar-refractivity contribution in [3.8, 4) is 0 Å². The summed E-state index contributed by atoms with van der Waals surface area (Å²) in [5, 5.41) is 3.86. The van der Waals surface area contributed by atoms with E-state index in [0.717, 1.165) is 17.9 Å². The zero-order valence-electron chi connectivity index (χ0n) is 12.6. The average Bonchev–Trinajstić information content (AvgIpc) is 2.35. The van der Waals surface area contributed by atoms with Gasteiger partial charge in [-0.2, -0.15) is 0 Å². The van der Waals surface area contributed by atoms with E-state index in [4.69, 9.17) is 0 Å². The fraction of sp³-hybridized carbons (Fsp3) is 0.625. The maximum atomic E-state index is 12.7. The zero-order valence-corrected chi connectivity index (χ0v) is 13.4. The van der Waals surface area contributed by atoms with Crippen LogP contribution in [0.2, 0.25) is 0 Å². The Morgan fingerprint density at radius 1 is 1.26 bits per heavy atom. The second kappa shape index (κ2) is 5.76. The normalized spacial score (nSPS) is 30.2. The van der Waals surface area contributed by atoms with Gasteiger partial charge in [-0.1, -0.05) is 38.5 Å². The van der Waals surface area contributed by atoms with Crippen LogP contribution in [0, 0.1) is 19.8 Å². The molecule has 19 heavy (non-hydrogen) atoms. The minimum atomic E-state index is -0.876. The first-order valence-corrected chi connectivity index (χ1v) is 8.43. The van der Waals surface area contributed by atoms with E-state index >= 15 is 0 Å². The summed E-state index contributed by atoms with van der Waals surface area (Å²) in [6.07, 6.45) is 1.13. The number of fused-ring (bicyclic) bond motifs is 1. The van der Waals surface area contributed by atoms with Gasteiger partial charge in [-0.25, -0.2) is 0 Å². The fourth-order valence-electron chi connectivity index (χ4n) is 3.02. The number of hydrogen-bond donors (Lipinski definition) is 1. The van der Waals surface area contributed by atoms with Crippen molar-refractivity contribution in [2.45, 2.75) is 57.2 Å². The van der Waals surface area contributed by atoms with E-state index in [1.54, 1.807) is 0 Å². The average molecular weight is 279 g/mol. The Bertz CT molecular complexity index is 498. The lowest BCUT2D eigenvalue weighted by molar-refractivity contribution is 0.366. The maximum Gasteiger partial charge on any atom is 0.0567 e. The Kier molecular flexibility index (Phi) is 4.46. The van der Waals surface area contributed by atoms with Crippen LogP contribution in [-0.4, -0.2) is 16.0 Å². The van der Waals surface area contributed by atoms with E-state index < -0.39 is 10.8 Å². The van der Waals surface area contributed by atoms with Gasteiger partial charge in [0.1, 0.15) is 0 Å². The van der Waals surface area contributed by atoms with Gasteiger partial charge in [-0.15, -0.1) is 0 Å². The molecule has 1 aliphatic rings. The van der Waals surface area contributed by atoms with Crippen LogP contribution < -0.4 is 5.32 Å². The van der Waals surface area contributed by atoms with Crippen molar-refractivity contribution in [3.63, 3.8) is 0 Å². The minimum Gasteiger partial charge on any atom is -0.310 e. The molecule has 0 saturated carbocycles. The van der Waals surface area contributed by atoms with Crippen molar-refractivity contribution >= 4 is 10.8 Å². The van der Waals surface area contributed by atoms with Crippen LogP contribution >= 0.6 is 0 Å². The van der Waals surface area contributed by atoms with Crippen molar-refractivity contribution in [2.75, 3.05) is 6.54 Å². The molecule has 0 saturated heterocycles. The van der Waals surface area contributed by atoms with Gasteiger partial charge in [0.25, 0.3) is 0 Å². The molecule has 0 aliphatic carbocycles. The van der Waals surface area contributed by atoms with Crippen LogP contribution in [0.5, 0.6) is 0 Å². The lowest BCUT2D eigenvalue weighted by atomic mass is 9.89. The van der Waals surface area contributed by atoms with Gasteiger partial charge in [0.05, 0.1) is 10.8 Å². The van der Waals surface area contributed by atoms with E-state index in [1.807, 2.05) is 0 Å². The Hall–Kier alpha value is -0.670. The number of rotatable bonds is 3. The highest BCUT2D eigenvalue weighted by Crippen LogP contribution is 2.40. The molecule has 106 valence electrons. The summed E-state index contributed by atoms with van der Waals surface area (Å²) < 4.78 is 12.7. The predicted octanol–water partition coefficient (Wildman–Crippen LogP) is 3.49. The zero-order chi connectivity index (χ0) is 14.2. The van der Waals surface area contributed by atoms with Crippen LogP contribution in [-0.2, 0) is 10.8 Å². The van der Waals surface area contributed by atoms with E-state index in [9.17, 15) is 4.21 Å². The van der Waals surface area contributed by atoms with Crippen molar-refractivity contribution < 1.29 is 4.21 Å². The van der Waals surface area contributed by atoms with E-state index in [2.05, 4.69) is 52.1 Å². The number of benzene rings is 1. The molecule has 1 heterocycles. The summed E-state index contributed by atoms with van der Waals surface area (Å²) in [5.74, 6) is 0.404. The first-order valence-electron chi connectivity index (χ1n) is 7.22. The molecule has 0 radical (unpaired) electrons. The highest BCUT2D eigenvalue weighted by molar-refractivity contribution is 7.85. The van der Waals surface area contributed by atoms with Crippen LogP contribution in [0.15, 0.2) is 17.0 Å². The second-order valence-corrected chi connectivity index (χ2v) is 7.54. The van der Waals surface area contributed by atoms with Gasteiger partial charge in [-0.05, 0) is 43.9 Å². The summed E-state index contributed by atoms with van der Waals surface area (Å²) in [6.45, 7) is 11.7. The standard InChI is InChI=1S/C16H25NOS/c1-6-7-17-15-12(4)13(5)19(18)16-11(3)8-10(2)9-14(15)16/h8-9,12-13,15,17H,6-7H2,1-5H3. The molecule has 4 unspecified atom stereocenters. The van der Waals surface area contributed by atoms with Crippen LogP contribution in [0.1, 0.15) is 49.9 Å². The third-order valence-corrected chi connectivity index (χ3v) is 6.27. The topological polar surface area (TPSA) is 29.1 Å². The van der Waals surface area contributed by atoms with Gasteiger partial charge in [-0.3, -0.25) is 4.21 Å². The summed E-state index contributed by atoms with van der Waals surface area (Å²) in [7, 11) is -0.876. The summed E-state index contributed by atoms with van der Waals surface area (Å²) in [5.41, 5.74) is 3.70. The molecule has 0 fully saturated rings. The first kappa shape index (κ1) is 14.7. The number of nitrogens with one attached hydrogen (secondary N) is 1. The molecule has 0 bridgehead atoms. The molecule has 1 aliphatic heterocycles. The lowest BCUT2D eigenvalue weighted by Gasteiger charge is -2.37. The molecule has 4 atom stereocenters. The molecular weight excluding hydrogens is 254 g/mol. The maximum absolute atomic E-state index is 12.7. The molecule has 1 aromatic rings. The highest BCUT2D eigenvalue weighted by atomic mass is 32.2. The molecule has 0 amide bonds. The van der Waals surface area contributed by atoms with Gasteiger partial charge < -0.3 is 5.32 Å². The quantitative estimate of drug-likeness (QED) is 0.917. The molecule has 2 rings (SSSR count). The van der Waals surface area contributed by atoms with E-state index in [1.165, 1.54) is 16.7 Å². The molecule has 0 aromatic heterocycles. The smallest absolute Gasteiger partial charge is 0.0567 e. The van der Waals surface area contributed by atoms with Gasteiger partial charge >= 0.3 is 0 Å². The van der Waals surface area contributed by atoms with Gasteiger partial charge in [0.2, 0.25) is 0 Å². The molecule has 1 aromatic carbocycles. The SMILES string of the molecule is CCCNC1c2cc(C)cc(C)c2S(=O)C(C)C1C. The summed E-state index contributed by atoms with van der Waals surface area (Å²) in [4.78, 5) is 1.07. The van der Waals surface area contributed by atoms with Gasteiger partial charge in [0.15, 0.2) is 0 Å². The van der Waals surface area contributed by atoms with E-state index in [0.29, 0.717) is 12.0 Å². The van der Waals surface area contributed by atoms with Gasteiger partial charge in [0, 0.05) is 16.2 Å². The third kappa shape index (κ3) is 2.63. The first-order chi connectivity index (χ1) is 8.97. The lowest BCUT2D eigenvalue weighted by Crippen LogP contribution is -2.39. The molecule has 2 nitrogen and oxygen atoms in total. The van der Waals surface area contributed by atoms with Crippen molar-refractivity contribution in [3.05, 3.63) is 28.8 Å². The monoisotopic (exact) mass is 279 g/mol. The number of aryl methyl sites for hydroxylation is 2. The largest absolute Gasteiger partial charge is 0.310 e. The number of hydrogen-bond acceptors (Lipinski definition) is 2. The van der Waals surface area contributed by atoms with Crippen LogP contribution in [0.25, 0.3) is 0 Å². The second-order valence-electron chi connectivity index (χ2n) is 5.79. The summed E-state index contributed by atoms with van der Waals surface area (Å²) in [6, 6.07) is 4.70. The Labute approximate surface area is 119 Å². The van der Waals surface area contributed by atoms with Crippen molar-refractivity contribution in [1.82, 2.24) is 5.32 Å². The Morgan fingerprint density at radius 3 is 2.58 bits per heavy atom. The molecule has 0 spiro atoms. The van der Waals surface area contributed by atoms with E-state index in [-0.39, 0.29) is 5.25 Å². The molecule has 3 heteroatoms. The summed E-state index contributed by atoms with van der Waals surface area (Å²) >= 11 is 0. The Balaban J connectivity index is 2.53. The minimum absolute atomic E-state index is 0.211. The molecule has 1 N–H and O–H groups in total. The third-order valence-electron chi connectivity index (χ3n) is 4.20. The van der Waals surface area contributed by atoms with Crippen molar-refractivity contribution in [1.29, 1.82) is 0 Å².